The van der Waals surface area contributed by atoms with Crippen molar-refractivity contribution in [1.82, 2.24) is 9.97 Å². The summed E-state index contributed by atoms with van der Waals surface area (Å²) in [5, 5.41) is 0. The average molecular weight is 314 g/mol. The molecule has 2 atom stereocenters. The first kappa shape index (κ1) is 13.6. The van der Waals surface area contributed by atoms with Gasteiger partial charge in [-0.15, -0.1) is 0 Å². The van der Waals surface area contributed by atoms with E-state index in [2.05, 4.69) is 44.8 Å². The van der Waals surface area contributed by atoms with E-state index in [0.29, 0.717) is 17.8 Å². The number of nitrogens with zero attached hydrogens (tertiary/aromatic N) is 3. The Hall–Kier alpha value is -0.840. The lowest BCUT2D eigenvalue weighted by Crippen LogP contribution is -2.39. The molecule has 0 radical (unpaired) electrons. The van der Waals surface area contributed by atoms with Crippen molar-refractivity contribution in [3.05, 3.63) is 10.7 Å². The second kappa shape index (κ2) is 5.87. The normalized spacial score (nSPS) is 23.8. The van der Waals surface area contributed by atoms with Crippen molar-refractivity contribution >= 4 is 21.9 Å². The SMILES string of the molecule is COc1nc(N(C)C2CCCCC2C)ncc1Br. The van der Waals surface area contributed by atoms with Gasteiger partial charge in [0.05, 0.1) is 17.8 Å². The average Bonchev–Trinajstić information content (AvgIpc) is 2.39. The maximum Gasteiger partial charge on any atom is 0.232 e. The Morgan fingerprint density at radius 2 is 2.11 bits per heavy atom. The highest BCUT2D eigenvalue weighted by Crippen LogP contribution is 2.30. The van der Waals surface area contributed by atoms with Gasteiger partial charge in [-0.25, -0.2) is 4.98 Å². The van der Waals surface area contributed by atoms with Crippen molar-refractivity contribution in [3.8, 4) is 5.88 Å². The third-order valence-electron chi connectivity index (χ3n) is 3.77. The number of anilines is 1. The Labute approximate surface area is 117 Å². The molecule has 2 rings (SSSR count). The van der Waals surface area contributed by atoms with Crippen LogP contribution in [0.3, 0.4) is 0 Å². The summed E-state index contributed by atoms with van der Waals surface area (Å²) in [7, 11) is 3.70. The van der Waals surface area contributed by atoms with Crippen molar-refractivity contribution in [2.24, 2.45) is 5.92 Å². The van der Waals surface area contributed by atoms with Gasteiger partial charge in [-0.3, -0.25) is 0 Å². The van der Waals surface area contributed by atoms with Gasteiger partial charge in [-0.2, -0.15) is 4.98 Å². The molecule has 0 aromatic carbocycles. The molecule has 0 spiro atoms. The molecule has 0 amide bonds. The van der Waals surface area contributed by atoms with Gasteiger partial charge in [0.25, 0.3) is 0 Å². The van der Waals surface area contributed by atoms with Crippen LogP contribution >= 0.6 is 15.9 Å². The fourth-order valence-corrected chi connectivity index (χ4v) is 3.03. The van der Waals surface area contributed by atoms with Crippen LogP contribution in [0.2, 0.25) is 0 Å². The summed E-state index contributed by atoms with van der Waals surface area (Å²) in [5.74, 6) is 2.03. The fraction of sp³-hybridized carbons (Fsp3) is 0.692. The monoisotopic (exact) mass is 313 g/mol. The fourth-order valence-electron chi connectivity index (χ4n) is 2.68. The number of hydrogen-bond acceptors (Lipinski definition) is 4. The first-order valence-electron chi connectivity index (χ1n) is 6.43. The van der Waals surface area contributed by atoms with E-state index in [0.717, 1.165) is 10.4 Å². The van der Waals surface area contributed by atoms with E-state index in [1.807, 2.05) is 0 Å². The maximum atomic E-state index is 5.23. The Bertz CT molecular complexity index is 413. The predicted octanol–water partition coefficient (Wildman–Crippen LogP) is 3.26. The van der Waals surface area contributed by atoms with Crippen LogP contribution in [0.4, 0.5) is 5.95 Å². The highest BCUT2D eigenvalue weighted by molar-refractivity contribution is 9.10. The van der Waals surface area contributed by atoms with E-state index >= 15 is 0 Å². The van der Waals surface area contributed by atoms with E-state index < -0.39 is 0 Å². The Morgan fingerprint density at radius 3 is 2.78 bits per heavy atom. The van der Waals surface area contributed by atoms with Gasteiger partial charge < -0.3 is 9.64 Å². The molecule has 1 saturated carbocycles. The molecule has 1 aromatic heterocycles. The molecule has 1 aliphatic carbocycles. The summed E-state index contributed by atoms with van der Waals surface area (Å²) < 4.78 is 6.02. The van der Waals surface area contributed by atoms with Crippen molar-refractivity contribution in [2.45, 2.75) is 38.6 Å². The topological polar surface area (TPSA) is 38.2 Å². The van der Waals surface area contributed by atoms with E-state index in [1.165, 1.54) is 25.7 Å². The van der Waals surface area contributed by atoms with Gasteiger partial charge >= 0.3 is 0 Å². The van der Waals surface area contributed by atoms with Crippen molar-refractivity contribution in [2.75, 3.05) is 19.1 Å². The summed E-state index contributed by atoms with van der Waals surface area (Å²) in [6.07, 6.45) is 6.91. The molecule has 1 fully saturated rings. The summed E-state index contributed by atoms with van der Waals surface area (Å²) in [5.41, 5.74) is 0. The quantitative estimate of drug-likeness (QED) is 0.858. The van der Waals surface area contributed by atoms with Gasteiger partial charge in [0.1, 0.15) is 0 Å². The van der Waals surface area contributed by atoms with Gasteiger partial charge in [-0.1, -0.05) is 19.8 Å². The van der Waals surface area contributed by atoms with E-state index in [-0.39, 0.29) is 0 Å². The molecule has 5 heteroatoms. The van der Waals surface area contributed by atoms with Crippen LogP contribution in [0, 0.1) is 5.92 Å². The van der Waals surface area contributed by atoms with E-state index in [9.17, 15) is 0 Å². The van der Waals surface area contributed by atoms with Crippen LogP contribution in [-0.2, 0) is 0 Å². The Morgan fingerprint density at radius 1 is 1.39 bits per heavy atom. The number of aromatic nitrogens is 2. The largest absolute Gasteiger partial charge is 0.480 e. The second-order valence-corrected chi connectivity index (χ2v) is 5.82. The highest BCUT2D eigenvalue weighted by Gasteiger charge is 2.26. The lowest BCUT2D eigenvalue weighted by atomic mass is 9.85. The molecule has 0 N–H and O–H groups in total. The van der Waals surface area contributed by atoms with Crippen LogP contribution in [0.1, 0.15) is 32.6 Å². The maximum absolute atomic E-state index is 5.23. The molecule has 1 heterocycles. The van der Waals surface area contributed by atoms with Crippen LogP contribution in [-0.4, -0.2) is 30.2 Å². The van der Waals surface area contributed by atoms with E-state index in [1.54, 1.807) is 13.3 Å². The van der Waals surface area contributed by atoms with Crippen LogP contribution in [0.5, 0.6) is 5.88 Å². The zero-order valence-corrected chi connectivity index (χ0v) is 12.8. The number of ether oxygens (including phenoxy) is 1. The minimum Gasteiger partial charge on any atom is -0.480 e. The molecule has 1 aromatic rings. The molecule has 4 nitrogen and oxygen atoms in total. The third-order valence-corrected chi connectivity index (χ3v) is 4.32. The molecular weight excluding hydrogens is 294 g/mol. The zero-order chi connectivity index (χ0) is 13.1. The first-order chi connectivity index (χ1) is 8.63. The molecule has 1 aliphatic rings. The molecule has 0 aliphatic heterocycles. The predicted molar refractivity (Wildman–Crippen MR) is 76.1 cm³/mol. The van der Waals surface area contributed by atoms with Crippen LogP contribution in [0.25, 0.3) is 0 Å². The molecular formula is C13H20BrN3O. The van der Waals surface area contributed by atoms with Gasteiger partial charge in [0.15, 0.2) is 0 Å². The summed E-state index contributed by atoms with van der Waals surface area (Å²) in [4.78, 5) is 11.0. The summed E-state index contributed by atoms with van der Waals surface area (Å²) in [6, 6.07) is 0.532. The third kappa shape index (κ3) is 2.76. The lowest BCUT2D eigenvalue weighted by Gasteiger charge is -2.36. The minimum atomic E-state index is 0.532. The molecule has 0 bridgehead atoms. The number of halogens is 1. The van der Waals surface area contributed by atoms with E-state index in [4.69, 9.17) is 4.74 Å². The first-order valence-corrected chi connectivity index (χ1v) is 7.22. The smallest absolute Gasteiger partial charge is 0.232 e. The number of hydrogen-bond donors (Lipinski definition) is 0. The molecule has 100 valence electrons. The lowest BCUT2D eigenvalue weighted by molar-refractivity contribution is 0.318. The van der Waals surface area contributed by atoms with Gasteiger partial charge in [0, 0.05) is 13.1 Å². The van der Waals surface area contributed by atoms with Crippen LogP contribution in [0.15, 0.2) is 10.7 Å². The highest BCUT2D eigenvalue weighted by atomic mass is 79.9. The Kier molecular flexibility index (Phi) is 4.43. The van der Waals surface area contributed by atoms with Gasteiger partial charge in [-0.05, 0) is 34.7 Å². The second-order valence-electron chi connectivity index (χ2n) is 4.97. The number of methoxy groups -OCH3 is 1. The zero-order valence-electron chi connectivity index (χ0n) is 11.2. The molecule has 18 heavy (non-hydrogen) atoms. The van der Waals surface area contributed by atoms with Crippen LogP contribution < -0.4 is 9.64 Å². The van der Waals surface area contributed by atoms with Gasteiger partial charge in [0.2, 0.25) is 11.8 Å². The minimum absolute atomic E-state index is 0.532. The molecule has 2 unspecified atom stereocenters. The van der Waals surface area contributed by atoms with Crippen molar-refractivity contribution < 1.29 is 4.74 Å². The molecule has 0 saturated heterocycles. The summed E-state index contributed by atoms with van der Waals surface area (Å²) >= 11 is 3.38. The van der Waals surface area contributed by atoms with Crippen molar-refractivity contribution in [1.29, 1.82) is 0 Å². The standard InChI is InChI=1S/C13H20BrN3O/c1-9-6-4-5-7-11(9)17(2)13-15-8-10(14)12(16-13)18-3/h8-9,11H,4-7H2,1-3H3. The number of rotatable bonds is 3. The summed E-state index contributed by atoms with van der Waals surface area (Å²) in [6.45, 7) is 2.32. The Balaban J connectivity index is 2.19. The van der Waals surface area contributed by atoms with Crippen molar-refractivity contribution in [3.63, 3.8) is 0 Å².